The Labute approximate surface area is 157 Å². The van der Waals surface area contributed by atoms with E-state index in [9.17, 15) is 4.79 Å². The number of carbonyl (C=O) groups excluding carboxylic acids is 1. The number of hydrogen-bond acceptors (Lipinski definition) is 3. The van der Waals surface area contributed by atoms with Crippen molar-refractivity contribution in [1.82, 2.24) is 10.6 Å². The number of hydrogen-bond donors (Lipinski definition) is 3. The van der Waals surface area contributed by atoms with Crippen molar-refractivity contribution in [3.63, 3.8) is 0 Å². The zero-order valence-electron chi connectivity index (χ0n) is 11.3. The molecule has 0 fully saturated rings. The monoisotopic (exact) mass is 447 g/mol. The smallest absolute Gasteiger partial charge is 0.408 e. The SMILES string of the molecule is CCOC(=O)N[C@@H](NC(=S)Nc1cccc(Br)c1)C(Cl)(Cl)Cl. The molecule has 1 aromatic carbocycles. The van der Waals surface area contributed by atoms with Gasteiger partial charge in [-0.3, -0.25) is 5.32 Å². The van der Waals surface area contributed by atoms with Crippen molar-refractivity contribution < 1.29 is 9.53 Å². The largest absolute Gasteiger partial charge is 0.450 e. The summed E-state index contributed by atoms with van der Waals surface area (Å²) in [5, 5.41) is 8.18. The molecule has 10 heteroatoms. The van der Waals surface area contributed by atoms with Gasteiger partial charge in [0.1, 0.15) is 0 Å². The van der Waals surface area contributed by atoms with Crippen LogP contribution in [0.4, 0.5) is 10.5 Å². The Morgan fingerprint density at radius 3 is 2.64 bits per heavy atom. The standard InChI is InChI=1S/C12H13BrCl3N3O2S/c1-2-21-11(20)19-9(12(14,15)16)18-10(22)17-8-5-3-4-7(13)6-8/h3-6,9H,2H2,1H3,(H,19,20)(H2,17,18,22)/t9-/m1/s1. The topological polar surface area (TPSA) is 62.4 Å². The van der Waals surface area contributed by atoms with Crippen LogP contribution in [0.2, 0.25) is 0 Å². The Morgan fingerprint density at radius 1 is 1.41 bits per heavy atom. The van der Waals surface area contributed by atoms with Gasteiger partial charge in [-0.1, -0.05) is 56.8 Å². The van der Waals surface area contributed by atoms with Crippen LogP contribution in [0.15, 0.2) is 28.7 Å². The van der Waals surface area contributed by atoms with Gasteiger partial charge in [-0.2, -0.15) is 0 Å². The quantitative estimate of drug-likeness (QED) is 0.366. The lowest BCUT2D eigenvalue weighted by Crippen LogP contribution is -2.56. The number of rotatable bonds is 4. The Balaban J connectivity index is 2.68. The van der Waals surface area contributed by atoms with Crippen molar-refractivity contribution >= 4 is 79.8 Å². The average Bonchev–Trinajstić information content (AvgIpc) is 2.37. The first-order chi connectivity index (χ1) is 10.2. The summed E-state index contributed by atoms with van der Waals surface area (Å²) < 4.78 is 3.80. The summed E-state index contributed by atoms with van der Waals surface area (Å²) in [6.45, 7) is 1.86. The average molecular weight is 450 g/mol. The number of carbonyl (C=O) groups is 1. The van der Waals surface area contributed by atoms with E-state index in [0.717, 1.165) is 10.2 Å². The lowest BCUT2D eigenvalue weighted by molar-refractivity contribution is 0.147. The highest BCUT2D eigenvalue weighted by Gasteiger charge is 2.35. The number of ether oxygens (including phenoxy) is 1. The number of halogens is 4. The molecule has 0 aromatic heterocycles. The molecule has 1 atom stereocenters. The predicted molar refractivity (Wildman–Crippen MR) is 97.7 cm³/mol. The molecule has 122 valence electrons. The summed E-state index contributed by atoms with van der Waals surface area (Å²) in [4.78, 5) is 11.5. The van der Waals surface area contributed by atoms with E-state index in [1.807, 2.05) is 24.3 Å². The van der Waals surface area contributed by atoms with E-state index in [2.05, 4.69) is 31.9 Å². The van der Waals surface area contributed by atoms with Gasteiger partial charge < -0.3 is 15.4 Å². The molecule has 0 spiro atoms. The van der Waals surface area contributed by atoms with Gasteiger partial charge in [0.25, 0.3) is 0 Å². The summed E-state index contributed by atoms with van der Waals surface area (Å²) in [6.07, 6.45) is -1.79. The van der Waals surface area contributed by atoms with E-state index in [1.165, 1.54) is 0 Å². The Hall–Kier alpha value is -0.470. The van der Waals surface area contributed by atoms with Gasteiger partial charge in [0.15, 0.2) is 11.3 Å². The second-order valence-electron chi connectivity index (χ2n) is 3.95. The van der Waals surface area contributed by atoms with Crippen molar-refractivity contribution in [2.75, 3.05) is 11.9 Å². The molecule has 0 bridgehead atoms. The first kappa shape index (κ1) is 19.6. The number of anilines is 1. The van der Waals surface area contributed by atoms with Crippen molar-refractivity contribution in [1.29, 1.82) is 0 Å². The van der Waals surface area contributed by atoms with Crippen LogP contribution < -0.4 is 16.0 Å². The lowest BCUT2D eigenvalue weighted by Gasteiger charge is -2.27. The summed E-state index contributed by atoms with van der Waals surface area (Å²) in [6, 6.07) is 7.32. The van der Waals surface area contributed by atoms with Crippen LogP contribution in [0.25, 0.3) is 0 Å². The number of thiocarbonyl (C=S) groups is 1. The van der Waals surface area contributed by atoms with Crippen molar-refractivity contribution in [3.05, 3.63) is 28.7 Å². The maximum Gasteiger partial charge on any atom is 0.408 e. The van der Waals surface area contributed by atoms with Crippen molar-refractivity contribution in [2.24, 2.45) is 0 Å². The number of benzene rings is 1. The van der Waals surface area contributed by atoms with Gasteiger partial charge in [-0.05, 0) is 37.3 Å². The van der Waals surface area contributed by atoms with E-state index in [4.69, 9.17) is 51.8 Å². The molecule has 0 unspecified atom stereocenters. The fourth-order valence-corrected chi connectivity index (χ4v) is 2.32. The molecule has 0 aliphatic rings. The zero-order valence-corrected chi connectivity index (χ0v) is 16.0. The van der Waals surface area contributed by atoms with Gasteiger partial charge in [-0.15, -0.1) is 0 Å². The number of nitrogens with one attached hydrogen (secondary N) is 3. The third kappa shape index (κ3) is 7.19. The van der Waals surface area contributed by atoms with Crippen LogP contribution in [0, 0.1) is 0 Å². The van der Waals surface area contributed by atoms with Crippen LogP contribution >= 0.6 is 63.0 Å². The minimum absolute atomic E-state index is 0.172. The van der Waals surface area contributed by atoms with Crippen LogP contribution in [0.1, 0.15) is 6.92 Å². The third-order valence-corrected chi connectivity index (χ3v) is 3.59. The maximum absolute atomic E-state index is 11.5. The van der Waals surface area contributed by atoms with Crippen LogP contribution in [-0.4, -0.2) is 27.8 Å². The molecule has 0 saturated heterocycles. The predicted octanol–water partition coefficient (Wildman–Crippen LogP) is 4.18. The second kappa shape index (κ2) is 8.98. The lowest BCUT2D eigenvalue weighted by atomic mass is 10.3. The molecule has 0 heterocycles. The molecule has 0 aliphatic carbocycles. The van der Waals surface area contributed by atoms with Gasteiger partial charge in [0.2, 0.25) is 3.79 Å². The van der Waals surface area contributed by atoms with Crippen molar-refractivity contribution in [2.45, 2.75) is 16.9 Å². The van der Waals surface area contributed by atoms with E-state index >= 15 is 0 Å². The fraction of sp³-hybridized carbons (Fsp3) is 0.333. The highest BCUT2D eigenvalue weighted by molar-refractivity contribution is 9.10. The van der Waals surface area contributed by atoms with Crippen LogP contribution in [-0.2, 0) is 4.74 Å². The van der Waals surface area contributed by atoms with Gasteiger partial charge >= 0.3 is 6.09 Å². The molecule has 5 nitrogen and oxygen atoms in total. The Morgan fingerprint density at radius 2 is 2.09 bits per heavy atom. The third-order valence-electron chi connectivity index (χ3n) is 2.22. The summed E-state index contributed by atoms with van der Waals surface area (Å²) in [5.41, 5.74) is 0.728. The molecule has 0 aliphatic heterocycles. The van der Waals surface area contributed by atoms with E-state index in [1.54, 1.807) is 6.92 Å². The second-order valence-corrected chi connectivity index (χ2v) is 7.64. The summed E-state index contributed by atoms with van der Waals surface area (Å²) in [5.74, 6) is 0. The minimum Gasteiger partial charge on any atom is -0.450 e. The molecule has 22 heavy (non-hydrogen) atoms. The highest BCUT2D eigenvalue weighted by Crippen LogP contribution is 2.29. The summed E-state index contributed by atoms with van der Waals surface area (Å²) >= 11 is 25.9. The van der Waals surface area contributed by atoms with Crippen molar-refractivity contribution in [3.8, 4) is 0 Å². The molecular weight excluding hydrogens is 436 g/mol. The zero-order chi connectivity index (χ0) is 16.8. The molecule has 1 aromatic rings. The molecule has 3 N–H and O–H groups in total. The van der Waals surface area contributed by atoms with E-state index < -0.39 is 16.1 Å². The fourth-order valence-electron chi connectivity index (χ4n) is 1.35. The van der Waals surface area contributed by atoms with Gasteiger partial charge in [0.05, 0.1) is 6.61 Å². The van der Waals surface area contributed by atoms with Gasteiger partial charge in [-0.25, -0.2) is 4.79 Å². The highest BCUT2D eigenvalue weighted by atomic mass is 79.9. The van der Waals surface area contributed by atoms with Crippen LogP contribution in [0.3, 0.4) is 0 Å². The molecule has 1 rings (SSSR count). The van der Waals surface area contributed by atoms with Crippen LogP contribution in [0.5, 0.6) is 0 Å². The molecular formula is C12H13BrCl3N3O2S. The minimum atomic E-state index is -1.82. The molecule has 0 saturated carbocycles. The normalized spacial score (nSPS) is 12.2. The van der Waals surface area contributed by atoms with Gasteiger partial charge in [0, 0.05) is 10.2 Å². The Bertz CT molecular complexity index is 543. The number of alkyl halides is 3. The Kier molecular flexibility index (Phi) is 7.99. The molecule has 1 amide bonds. The number of alkyl carbamates (subject to hydrolysis) is 1. The van der Waals surface area contributed by atoms with E-state index in [0.29, 0.717) is 0 Å². The molecule has 0 radical (unpaired) electrons. The number of amides is 1. The first-order valence-electron chi connectivity index (χ1n) is 6.05. The maximum atomic E-state index is 11.5. The van der Waals surface area contributed by atoms with E-state index in [-0.39, 0.29) is 11.7 Å². The summed E-state index contributed by atoms with van der Waals surface area (Å²) in [7, 11) is 0. The first-order valence-corrected chi connectivity index (χ1v) is 8.39.